The molecule has 0 aliphatic rings. The number of imidazole rings is 1. The van der Waals surface area contributed by atoms with Gasteiger partial charge in [0.15, 0.2) is 0 Å². The lowest BCUT2D eigenvalue weighted by molar-refractivity contribution is 0.302. The van der Waals surface area contributed by atoms with Gasteiger partial charge < -0.3 is 14.0 Å². The molecular formula is C28H32N2O2. The lowest BCUT2D eigenvalue weighted by Gasteiger charge is -2.12. The Hall–Kier alpha value is -3.27. The fraction of sp³-hybridized carbons (Fsp3) is 0.321. The van der Waals surface area contributed by atoms with Gasteiger partial charge in [-0.05, 0) is 66.3 Å². The zero-order chi connectivity index (χ0) is 22.3. The molecule has 0 amide bonds. The number of aryl methyl sites for hydroxylation is 1. The Labute approximate surface area is 190 Å². The normalized spacial score (nSPS) is 12.1. The molecule has 32 heavy (non-hydrogen) atoms. The molecule has 3 aromatic carbocycles. The number of hydrogen-bond acceptors (Lipinski definition) is 3. The van der Waals surface area contributed by atoms with Crippen LogP contribution in [0.3, 0.4) is 0 Å². The molecule has 1 atom stereocenters. The van der Waals surface area contributed by atoms with E-state index in [0.29, 0.717) is 12.5 Å². The van der Waals surface area contributed by atoms with Crippen LogP contribution in [0.2, 0.25) is 0 Å². The standard InChI is InChI=1S/C28H32N2O2/c1-4-21(2)23-12-16-25(17-13-23)32-19-7-18-30-27-9-6-5-8-26(27)29-28(30)20-22-10-14-24(31-3)15-11-22/h5-6,8-17,21H,4,7,18-20H2,1-3H3. The molecule has 4 heteroatoms. The minimum absolute atomic E-state index is 0.586. The second kappa shape index (κ2) is 10.4. The van der Waals surface area contributed by atoms with Crippen LogP contribution in [0.4, 0.5) is 0 Å². The van der Waals surface area contributed by atoms with Gasteiger partial charge >= 0.3 is 0 Å². The van der Waals surface area contributed by atoms with Gasteiger partial charge in [0.05, 0.1) is 24.8 Å². The molecule has 0 saturated carbocycles. The van der Waals surface area contributed by atoms with Crippen LogP contribution < -0.4 is 9.47 Å². The number of ether oxygens (including phenoxy) is 2. The average molecular weight is 429 g/mol. The van der Waals surface area contributed by atoms with Gasteiger partial charge in [-0.2, -0.15) is 0 Å². The summed E-state index contributed by atoms with van der Waals surface area (Å²) in [5.41, 5.74) is 4.80. The maximum absolute atomic E-state index is 6.02. The molecule has 1 unspecified atom stereocenters. The average Bonchev–Trinajstić information content (AvgIpc) is 3.19. The van der Waals surface area contributed by atoms with Crippen LogP contribution >= 0.6 is 0 Å². The molecule has 0 fully saturated rings. The molecule has 1 aromatic heterocycles. The number of para-hydroxylation sites is 2. The van der Waals surface area contributed by atoms with Crippen molar-refractivity contribution in [3.63, 3.8) is 0 Å². The first-order valence-corrected chi connectivity index (χ1v) is 11.5. The minimum atomic E-state index is 0.586. The highest BCUT2D eigenvalue weighted by Crippen LogP contribution is 2.23. The monoisotopic (exact) mass is 428 g/mol. The quantitative estimate of drug-likeness (QED) is 0.266. The molecule has 1 heterocycles. The highest BCUT2D eigenvalue weighted by atomic mass is 16.5. The van der Waals surface area contributed by atoms with Crippen LogP contribution in [0.1, 0.15) is 49.6 Å². The Kier molecular flexibility index (Phi) is 7.10. The Morgan fingerprint density at radius 3 is 2.34 bits per heavy atom. The van der Waals surface area contributed by atoms with E-state index in [1.807, 2.05) is 18.2 Å². The second-order valence-corrected chi connectivity index (χ2v) is 8.27. The molecule has 4 rings (SSSR count). The lowest BCUT2D eigenvalue weighted by Crippen LogP contribution is -2.08. The summed E-state index contributed by atoms with van der Waals surface area (Å²) in [7, 11) is 1.69. The van der Waals surface area contributed by atoms with E-state index in [2.05, 4.69) is 73.0 Å². The molecule has 0 N–H and O–H groups in total. The molecular weight excluding hydrogens is 396 g/mol. The van der Waals surface area contributed by atoms with Crippen molar-refractivity contribution in [2.24, 2.45) is 0 Å². The molecule has 4 nitrogen and oxygen atoms in total. The summed E-state index contributed by atoms with van der Waals surface area (Å²) < 4.78 is 13.6. The minimum Gasteiger partial charge on any atom is -0.497 e. The summed E-state index contributed by atoms with van der Waals surface area (Å²) in [6, 6.07) is 25.1. The highest BCUT2D eigenvalue weighted by Gasteiger charge is 2.11. The third-order valence-electron chi connectivity index (χ3n) is 6.11. The van der Waals surface area contributed by atoms with Crippen LogP contribution in [0.15, 0.2) is 72.8 Å². The number of benzene rings is 3. The van der Waals surface area contributed by atoms with Gasteiger partial charge in [-0.15, -0.1) is 0 Å². The van der Waals surface area contributed by atoms with Gasteiger partial charge in [-0.3, -0.25) is 0 Å². The van der Waals surface area contributed by atoms with Gasteiger partial charge in [-0.25, -0.2) is 4.98 Å². The van der Waals surface area contributed by atoms with E-state index in [9.17, 15) is 0 Å². The molecule has 0 radical (unpaired) electrons. The highest BCUT2D eigenvalue weighted by molar-refractivity contribution is 5.76. The van der Waals surface area contributed by atoms with Gasteiger partial charge in [0, 0.05) is 13.0 Å². The van der Waals surface area contributed by atoms with Crippen molar-refractivity contribution in [3.05, 3.63) is 89.7 Å². The number of rotatable bonds is 10. The number of fused-ring (bicyclic) bond motifs is 1. The van der Waals surface area contributed by atoms with E-state index in [-0.39, 0.29) is 0 Å². The van der Waals surface area contributed by atoms with Crippen LogP contribution in [-0.4, -0.2) is 23.3 Å². The molecule has 4 aromatic rings. The third kappa shape index (κ3) is 5.13. The van der Waals surface area contributed by atoms with E-state index in [4.69, 9.17) is 14.5 Å². The SMILES string of the molecule is CCC(C)c1ccc(OCCCn2c(Cc3ccc(OC)cc3)nc3ccccc32)cc1. The van der Waals surface area contributed by atoms with Gasteiger partial charge in [-0.1, -0.05) is 50.2 Å². The topological polar surface area (TPSA) is 36.3 Å². The van der Waals surface area contributed by atoms with E-state index in [1.165, 1.54) is 16.6 Å². The zero-order valence-corrected chi connectivity index (χ0v) is 19.3. The summed E-state index contributed by atoms with van der Waals surface area (Å²) >= 11 is 0. The first-order valence-electron chi connectivity index (χ1n) is 11.5. The first kappa shape index (κ1) is 21.9. The van der Waals surface area contributed by atoms with Crippen molar-refractivity contribution in [1.29, 1.82) is 0 Å². The van der Waals surface area contributed by atoms with Crippen LogP contribution in [0, 0.1) is 0 Å². The summed E-state index contributed by atoms with van der Waals surface area (Å²) in [4.78, 5) is 4.91. The number of hydrogen-bond donors (Lipinski definition) is 0. The molecule has 166 valence electrons. The predicted molar refractivity (Wildman–Crippen MR) is 131 cm³/mol. The number of methoxy groups -OCH3 is 1. The summed E-state index contributed by atoms with van der Waals surface area (Å²) in [6.07, 6.45) is 2.86. The van der Waals surface area contributed by atoms with E-state index >= 15 is 0 Å². The maximum Gasteiger partial charge on any atom is 0.119 e. The molecule has 0 saturated heterocycles. The molecule has 0 aliphatic heterocycles. The smallest absolute Gasteiger partial charge is 0.119 e. The zero-order valence-electron chi connectivity index (χ0n) is 19.3. The van der Waals surface area contributed by atoms with Crippen molar-refractivity contribution < 1.29 is 9.47 Å². The summed E-state index contributed by atoms with van der Waals surface area (Å²) in [6.45, 7) is 6.03. The van der Waals surface area contributed by atoms with Crippen molar-refractivity contribution >= 4 is 11.0 Å². The fourth-order valence-corrected chi connectivity index (χ4v) is 3.98. The summed E-state index contributed by atoms with van der Waals surface area (Å²) in [5, 5.41) is 0. The van der Waals surface area contributed by atoms with Crippen LogP contribution in [0.5, 0.6) is 11.5 Å². The third-order valence-corrected chi connectivity index (χ3v) is 6.11. The molecule has 0 spiro atoms. The molecule has 0 bridgehead atoms. The van der Waals surface area contributed by atoms with Gasteiger partial charge in [0.2, 0.25) is 0 Å². The van der Waals surface area contributed by atoms with Crippen molar-refractivity contribution in [2.75, 3.05) is 13.7 Å². The van der Waals surface area contributed by atoms with Crippen molar-refractivity contribution in [1.82, 2.24) is 9.55 Å². The molecule has 0 aliphatic carbocycles. The van der Waals surface area contributed by atoms with Crippen molar-refractivity contribution in [3.8, 4) is 11.5 Å². The number of aromatic nitrogens is 2. The van der Waals surface area contributed by atoms with Gasteiger partial charge in [0.1, 0.15) is 17.3 Å². The van der Waals surface area contributed by atoms with E-state index < -0.39 is 0 Å². The van der Waals surface area contributed by atoms with Crippen molar-refractivity contribution in [2.45, 2.75) is 45.6 Å². The van der Waals surface area contributed by atoms with Crippen LogP contribution in [0.25, 0.3) is 11.0 Å². The van der Waals surface area contributed by atoms with Gasteiger partial charge in [0.25, 0.3) is 0 Å². The Bertz CT molecular complexity index is 1130. The van der Waals surface area contributed by atoms with E-state index in [0.717, 1.165) is 48.6 Å². The Morgan fingerprint density at radius 1 is 0.906 bits per heavy atom. The number of nitrogens with zero attached hydrogens (tertiary/aromatic N) is 2. The van der Waals surface area contributed by atoms with E-state index in [1.54, 1.807) is 7.11 Å². The lowest BCUT2D eigenvalue weighted by atomic mass is 9.99. The summed E-state index contributed by atoms with van der Waals surface area (Å²) in [5.74, 6) is 3.47. The first-order chi connectivity index (χ1) is 15.7. The van der Waals surface area contributed by atoms with Crippen LogP contribution in [-0.2, 0) is 13.0 Å². The largest absolute Gasteiger partial charge is 0.497 e. The maximum atomic E-state index is 6.02. The Morgan fingerprint density at radius 2 is 1.62 bits per heavy atom. The predicted octanol–water partition coefficient (Wildman–Crippen LogP) is 6.62. The fourth-order valence-electron chi connectivity index (χ4n) is 3.98. The Balaban J connectivity index is 1.42. The second-order valence-electron chi connectivity index (χ2n) is 8.27.